The van der Waals surface area contributed by atoms with E-state index in [1.807, 2.05) is 30.3 Å². The van der Waals surface area contributed by atoms with Gasteiger partial charge in [-0.15, -0.1) is 11.3 Å². The molecule has 1 heterocycles. The molecule has 3 nitrogen and oxygen atoms in total. The van der Waals surface area contributed by atoms with Crippen LogP contribution in [-0.4, -0.2) is 12.0 Å². The van der Waals surface area contributed by atoms with E-state index in [0.29, 0.717) is 0 Å². The fourth-order valence-electron chi connectivity index (χ4n) is 1.77. The Kier molecular flexibility index (Phi) is 5.77. The van der Waals surface area contributed by atoms with E-state index in [0.717, 1.165) is 31.8 Å². The summed E-state index contributed by atoms with van der Waals surface area (Å²) in [4.78, 5) is 9.91. The molecule has 0 unspecified atom stereocenters. The quantitative estimate of drug-likeness (QED) is 0.266. The van der Waals surface area contributed by atoms with Crippen molar-refractivity contribution in [3.63, 3.8) is 0 Å². The fraction of sp³-hybridized carbons (Fsp3) is 0.0769. The largest absolute Gasteiger partial charge is 1.00 e. The third-order valence-corrected chi connectivity index (χ3v) is 3.74. The fourth-order valence-corrected chi connectivity index (χ4v) is 2.82. The Morgan fingerprint density at radius 1 is 1.16 bits per heavy atom. The summed E-state index contributed by atoms with van der Waals surface area (Å²) in [6.45, 7) is 0. The van der Waals surface area contributed by atoms with Crippen molar-refractivity contribution in [3.8, 4) is 10.6 Å². The third-order valence-electron chi connectivity index (χ3n) is 2.65. The standard InChI is InChI=1S/C13H11N3S.ClH.Na/c1-15-9-3-5-11-13(7-9)17-12-6-8(14)2-4-10(12)16-11;;/h2-7H,14H2,1H3;1H;/q;;+1/p-1. The molecule has 0 amide bonds. The molecule has 3 rings (SSSR count). The van der Waals surface area contributed by atoms with E-state index in [-0.39, 0.29) is 42.0 Å². The predicted molar refractivity (Wildman–Crippen MR) is 72.1 cm³/mol. The van der Waals surface area contributed by atoms with Crippen molar-refractivity contribution >= 4 is 27.2 Å². The van der Waals surface area contributed by atoms with Gasteiger partial charge in [0.15, 0.2) is 0 Å². The maximum Gasteiger partial charge on any atom is 1.00 e. The molecule has 1 aromatic carbocycles. The molecule has 0 aromatic heterocycles. The van der Waals surface area contributed by atoms with E-state index in [4.69, 9.17) is 5.73 Å². The second-order valence-corrected chi connectivity index (χ2v) is 4.90. The first kappa shape index (κ1) is 16.4. The van der Waals surface area contributed by atoms with E-state index in [1.165, 1.54) is 0 Å². The van der Waals surface area contributed by atoms with Gasteiger partial charge < -0.3 is 18.1 Å². The molecular weight excluding hydrogens is 289 g/mol. The molecule has 2 N–H and O–H groups in total. The van der Waals surface area contributed by atoms with Gasteiger partial charge in [-0.1, -0.05) is 0 Å². The van der Waals surface area contributed by atoms with E-state index in [1.54, 1.807) is 18.4 Å². The molecule has 0 fully saturated rings. The first-order valence-corrected chi connectivity index (χ1v) is 6.11. The molecule has 0 saturated heterocycles. The van der Waals surface area contributed by atoms with Gasteiger partial charge in [-0.3, -0.25) is 4.99 Å². The number of nitrogens with zero attached hydrogens (tertiary/aromatic N) is 2. The third kappa shape index (κ3) is 3.27. The van der Waals surface area contributed by atoms with Crippen molar-refractivity contribution in [2.24, 2.45) is 4.99 Å². The Balaban J connectivity index is 0.000000902. The Hall–Kier alpha value is -0.650. The van der Waals surface area contributed by atoms with E-state index in [9.17, 15) is 0 Å². The summed E-state index contributed by atoms with van der Waals surface area (Å²) in [6, 6.07) is 11.8. The van der Waals surface area contributed by atoms with Crippen LogP contribution in [0, 0.1) is 0 Å². The number of nitrogen functional groups attached to an aromatic ring is 1. The minimum atomic E-state index is 0. The van der Waals surface area contributed by atoms with Gasteiger partial charge in [0, 0.05) is 12.7 Å². The van der Waals surface area contributed by atoms with Crippen molar-refractivity contribution in [1.29, 1.82) is 0 Å². The monoisotopic (exact) mass is 299 g/mol. The van der Waals surface area contributed by atoms with Crippen molar-refractivity contribution in [3.05, 3.63) is 41.8 Å². The van der Waals surface area contributed by atoms with Gasteiger partial charge in [-0.25, -0.2) is 4.98 Å². The summed E-state index contributed by atoms with van der Waals surface area (Å²) in [6.07, 6.45) is 0. The van der Waals surface area contributed by atoms with Gasteiger partial charge in [0.25, 0.3) is 0 Å². The average Bonchev–Trinajstić information content (AvgIpc) is 2.35. The topological polar surface area (TPSA) is 51.3 Å². The van der Waals surface area contributed by atoms with Crippen LogP contribution in [0.2, 0.25) is 0 Å². The zero-order valence-electron chi connectivity index (χ0n) is 10.7. The molecule has 0 bridgehead atoms. The number of halogens is 1. The van der Waals surface area contributed by atoms with E-state index < -0.39 is 0 Å². The molecule has 0 atom stereocenters. The molecule has 1 aromatic rings. The van der Waals surface area contributed by atoms with Gasteiger partial charge in [0.05, 0.1) is 26.1 Å². The molecule has 2 aliphatic rings. The molecule has 0 saturated carbocycles. The van der Waals surface area contributed by atoms with Crippen molar-refractivity contribution in [2.75, 3.05) is 12.8 Å². The molecule has 92 valence electrons. The van der Waals surface area contributed by atoms with Gasteiger partial charge in [0.2, 0.25) is 0 Å². The number of rotatable bonds is 0. The summed E-state index contributed by atoms with van der Waals surface area (Å²) in [5, 5.41) is 0.971. The number of fused-ring (bicyclic) bond motifs is 2. The second-order valence-electron chi connectivity index (χ2n) is 3.82. The zero-order valence-corrected chi connectivity index (χ0v) is 14.3. The smallest absolute Gasteiger partial charge is 1.00 e. The second kappa shape index (κ2) is 6.68. The van der Waals surface area contributed by atoms with Crippen molar-refractivity contribution < 1.29 is 42.0 Å². The predicted octanol–water partition coefficient (Wildman–Crippen LogP) is -3.48. The molecule has 0 radical (unpaired) electrons. The number of benzene rings is 2. The summed E-state index contributed by atoms with van der Waals surface area (Å²) in [5.74, 6) is 0. The molecule has 1 aliphatic carbocycles. The van der Waals surface area contributed by atoms with Crippen LogP contribution in [0.1, 0.15) is 0 Å². The first-order valence-electron chi connectivity index (χ1n) is 5.29. The maximum absolute atomic E-state index is 5.78. The Morgan fingerprint density at radius 2 is 1.95 bits per heavy atom. The van der Waals surface area contributed by atoms with Crippen molar-refractivity contribution in [2.45, 2.75) is 0 Å². The normalized spacial score (nSPS) is 11.1. The van der Waals surface area contributed by atoms with Crippen LogP contribution >= 0.6 is 11.3 Å². The minimum Gasteiger partial charge on any atom is -1.00 e. The van der Waals surface area contributed by atoms with Crippen LogP contribution in [0.15, 0.2) is 41.4 Å². The van der Waals surface area contributed by atoms with Crippen LogP contribution in [0.3, 0.4) is 0 Å². The average molecular weight is 300 g/mol. The van der Waals surface area contributed by atoms with Crippen LogP contribution in [-0.2, 0) is 0 Å². The first-order chi connectivity index (χ1) is 8.26. The maximum atomic E-state index is 5.78. The SMILES string of the molecule is CN=c1ccc2nc3ccc(N)cc3sc-2c1.[Cl-].[Na+]. The van der Waals surface area contributed by atoms with Gasteiger partial charge in [0.1, 0.15) is 0 Å². The molecule has 1 aliphatic heterocycles. The number of aromatic nitrogens is 1. The number of hydrogen-bond acceptors (Lipinski definition) is 4. The van der Waals surface area contributed by atoms with Crippen molar-refractivity contribution in [1.82, 2.24) is 4.98 Å². The van der Waals surface area contributed by atoms with Crippen LogP contribution < -0.4 is 53.1 Å². The van der Waals surface area contributed by atoms with E-state index in [2.05, 4.69) is 16.0 Å². The van der Waals surface area contributed by atoms with Crippen LogP contribution in [0.25, 0.3) is 20.8 Å². The molecular formula is C13H11ClN3NaS. The van der Waals surface area contributed by atoms with Gasteiger partial charge >= 0.3 is 29.6 Å². The van der Waals surface area contributed by atoms with Gasteiger partial charge in [-0.2, -0.15) is 0 Å². The molecule has 6 heteroatoms. The zero-order chi connectivity index (χ0) is 11.8. The molecule has 0 spiro atoms. The van der Waals surface area contributed by atoms with E-state index >= 15 is 0 Å². The Bertz CT molecular complexity index is 742. The van der Waals surface area contributed by atoms with Gasteiger partial charge in [-0.05, 0) is 36.4 Å². The molecule has 19 heavy (non-hydrogen) atoms. The summed E-state index contributed by atoms with van der Waals surface area (Å²) < 4.78 is 1.10. The minimum absolute atomic E-state index is 0. The number of nitrogens with two attached hydrogens (primary N) is 1. The summed E-state index contributed by atoms with van der Waals surface area (Å²) in [5.41, 5.74) is 8.54. The summed E-state index contributed by atoms with van der Waals surface area (Å²) in [7, 11) is 1.79. The van der Waals surface area contributed by atoms with Crippen LogP contribution in [0.5, 0.6) is 0 Å². The Labute approximate surface area is 143 Å². The van der Waals surface area contributed by atoms with Crippen LogP contribution in [0.4, 0.5) is 5.69 Å². The number of anilines is 1. The number of hydrogen-bond donors (Lipinski definition) is 1. The summed E-state index contributed by atoms with van der Waals surface area (Å²) >= 11 is 1.69. The Morgan fingerprint density at radius 3 is 2.68 bits per heavy atom.